The quantitative estimate of drug-likeness (QED) is 0.853. The molecular weight excluding hydrogens is 282 g/mol. The minimum atomic E-state index is -0.421. The molecule has 0 atom stereocenters. The molecule has 110 valence electrons. The van der Waals surface area contributed by atoms with Crippen molar-refractivity contribution in [3.63, 3.8) is 0 Å². The highest BCUT2D eigenvalue weighted by Gasteiger charge is 2.26. The zero-order valence-electron chi connectivity index (χ0n) is 11.7. The van der Waals surface area contributed by atoms with E-state index in [1.807, 2.05) is 18.2 Å². The molecule has 0 saturated carbocycles. The topological polar surface area (TPSA) is 72.5 Å². The average molecular weight is 295 g/mol. The summed E-state index contributed by atoms with van der Waals surface area (Å²) in [6.45, 7) is -0.0355. The number of rotatable bonds is 5. The van der Waals surface area contributed by atoms with E-state index in [1.165, 1.54) is 0 Å². The Morgan fingerprint density at radius 1 is 0.955 bits per heavy atom. The molecule has 0 spiro atoms. The van der Waals surface area contributed by atoms with Gasteiger partial charge in [-0.15, -0.1) is 0 Å². The van der Waals surface area contributed by atoms with Crippen LogP contribution >= 0.6 is 0 Å². The molecule has 1 heterocycles. The molecule has 0 aromatic heterocycles. The Hall–Kier alpha value is -2.95. The minimum Gasteiger partial charge on any atom is -0.486 e. The third kappa shape index (κ3) is 2.88. The number of hydrogen-bond donors (Lipinski definition) is 1. The van der Waals surface area contributed by atoms with E-state index in [9.17, 15) is 14.4 Å². The van der Waals surface area contributed by atoms with Crippen molar-refractivity contribution >= 4 is 17.6 Å². The molecule has 1 aliphatic heterocycles. The lowest BCUT2D eigenvalue weighted by atomic mass is 10.0. The number of ketones is 1. The van der Waals surface area contributed by atoms with Crippen LogP contribution in [0.2, 0.25) is 0 Å². The predicted octanol–water partition coefficient (Wildman–Crippen LogP) is 1.76. The monoisotopic (exact) mass is 295 g/mol. The van der Waals surface area contributed by atoms with Crippen LogP contribution in [0, 0.1) is 0 Å². The van der Waals surface area contributed by atoms with Gasteiger partial charge in [-0.25, -0.2) is 0 Å². The van der Waals surface area contributed by atoms with Crippen LogP contribution in [-0.2, 0) is 11.2 Å². The average Bonchev–Trinajstić information content (AvgIpc) is 2.81. The Balaban J connectivity index is 1.64. The fourth-order valence-corrected chi connectivity index (χ4v) is 2.28. The smallest absolute Gasteiger partial charge is 0.258 e. The van der Waals surface area contributed by atoms with E-state index in [0.29, 0.717) is 22.4 Å². The summed E-state index contributed by atoms with van der Waals surface area (Å²) in [4.78, 5) is 35.0. The van der Waals surface area contributed by atoms with Gasteiger partial charge in [-0.2, -0.15) is 0 Å². The Morgan fingerprint density at radius 2 is 1.68 bits per heavy atom. The summed E-state index contributed by atoms with van der Waals surface area (Å²) in [6, 6.07) is 13.9. The second-order valence-electron chi connectivity index (χ2n) is 4.98. The number of para-hydroxylation sites is 1. The lowest BCUT2D eigenvalue weighted by molar-refractivity contribution is -0.120. The number of Topliss-reactive ketones (excluding diaryl/α,β-unsaturated/α-hetero) is 1. The summed E-state index contributed by atoms with van der Waals surface area (Å²) in [5.41, 5.74) is 1.35. The molecular formula is C17H13NO4. The van der Waals surface area contributed by atoms with Gasteiger partial charge in [0.1, 0.15) is 12.4 Å². The maximum absolute atomic E-state index is 11.9. The molecule has 22 heavy (non-hydrogen) atoms. The molecule has 0 bridgehead atoms. The number of carbonyl (C=O) groups is 3. The van der Waals surface area contributed by atoms with Crippen LogP contribution in [0.25, 0.3) is 0 Å². The van der Waals surface area contributed by atoms with Gasteiger partial charge in [0.15, 0.2) is 5.78 Å². The second kappa shape index (κ2) is 5.81. The first kappa shape index (κ1) is 14.0. The van der Waals surface area contributed by atoms with Crippen molar-refractivity contribution in [2.24, 2.45) is 0 Å². The van der Waals surface area contributed by atoms with Gasteiger partial charge in [-0.05, 0) is 29.8 Å². The molecule has 2 amide bonds. The third-order valence-corrected chi connectivity index (χ3v) is 3.34. The molecule has 5 heteroatoms. The van der Waals surface area contributed by atoms with Crippen LogP contribution in [0.4, 0.5) is 0 Å². The van der Waals surface area contributed by atoms with E-state index >= 15 is 0 Å². The van der Waals surface area contributed by atoms with Crippen molar-refractivity contribution in [2.75, 3.05) is 6.61 Å². The molecule has 2 aromatic carbocycles. The van der Waals surface area contributed by atoms with Crippen LogP contribution in [0.5, 0.6) is 5.75 Å². The normalized spacial score (nSPS) is 12.7. The summed E-state index contributed by atoms with van der Waals surface area (Å²) in [6.07, 6.45) is 0.154. The Morgan fingerprint density at radius 3 is 2.45 bits per heavy atom. The molecule has 0 unspecified atom stereocenters. The summed E-state index contributed by atoms with van der Waals surface area (Å²) >= 11 is 0. The Kier molecular flexibility index (Phi) is 3.70. The zero-order valence-corrected chi connectivity index (χ0v) is 11.7. The van der Waals surface area contributed by atoms with Gasteiger partial charge in [0.05, 0.1) is 11.1 Å². The molecule has 5 nitrogen and oxygen atoms in total. The number of ether oxygens (including phenoxy) is 1. The summed E-state index contributed by atoms with van der Waals surface area (Å²) < 4.78 is 5.39. The van der Waals surface area contributed by atoms with E-state index in [0.717, 1.165) is 0 Å². The van der Waals surface area contributed by atoms with E-state index < -0.39 is 11.8 Å². The van der Waals surface area contributed by atoms with Crippen molar-refractivity contribution in [1.29, 1.82) is 0 Å². The SMILES string of the molecule is O=C(COc1ccccc1)Cc1ccc2c(c1)C(=O)NC2=O. The molecule has 0 saturated heterocycles. The minimum absolute atomic E-state index is 0.0355. The molecule has 3 rings (SSSR count). The van der Waals surface area contributed by atoms with Crippen molar-refractivity contribution < 1.29 is 19.1 Å². The van der Waals surface area contributed by atoms with Crippen LogP contribution in [-0.4, -0.2) is 24.2 Å². The van der Waals surface area contributed by atoms with Crippen molar-refractivity contribution in [3.05, 3.63) is 65.2 Å². The number of fused-ring (bicyclic) bond motifs is 1. The Labute approximate surface area is 126 Å². The number of hydrogen-bond acceptors (Lipinski definition) is 4. The van der Waals surface area contributed by atoms with E-state index in [4.69, 9.17) is 4.74 Å². The third-order valence-electron chi connectivity index (χ3n) is 3.34. The number of imide groups is 1. The highest BCUT2D eigenvalue weighted by Crippen LogP contribution is 2.18. The van der Waals surface area contributed by atoms with Crippen molar-refractivity contribution in [3.8, 4) is 5.75 Å². The number of benzene rings is 2. The fraction of sp³-hybridized carbons (Fsp3) is 0.118. The summed E-state index contributed by atoms with van der Waals surface area (Å²) in [5, 5.41) is 2.22. The molecule has 0 fully saturated rings. The lowest BCUT2D eigenvalue weighted by Crippen LogP contribution is -2.19. The maximum atomic E-state index is 11.9. The largest absolute Gasteiger partial charge is 0.486 e. The van der Waals surface area contributed by atoms with E-state index in [-0.39, 0.29) is 18.8 Å². The molecule has 1 aliphatic rings. The van der Waals surface area contributed by atoms with Crippen molar-refractivity contribution in [2.45, 2.75) is 6.42 Å². The maximum Gasteiger partial charge on any atom is 0.258 e. The number of nitrogens with one attached hydrogen (secondary N) is 1. The van der Waals surface area contributed by atoms with Gasteiger partial charge in [-0.1, -0.05) is 24.3 Å². The first-order chi connectivity index (χ1) is 10.6. The van der Waals surface area contributed by atoms with Crippen LogP contribution < -0.4 is 10.1 Å². The molecule has 0 aliphatic carbocycles. The van der Waals surface area contributed by atoms with Gasteiger partial charge in [0.2, 0.25) is 0 Å². The Bertz CT molecular complexity index is 753. The van der Waals surface area contributed by atoms with Gasteiger partial charge in [-0.3, -0.25) is 19.7 Å². The van der Waals surface area contributed by atoms with E-state index in [2.05, 4.69) is 5.32 Å². The highest BCUT2D eigenvalue weighted by molar-refractivity contribution is 6.21. The van der Waals surface area contributed by atoms with Gasteiger partial charge < -0.3 is 4.74 Å². The van der Waals surface area contributed by atoms with Crippen LogP contribution in [0.3, 0.4) is 0 Å². The second-order valence-corrected chi connectivity index (χ2v) is 4.98. The van der Waals surface area contributed by atoms with Crippen LogP contribution in [0.15, 0.2) is 48.5 Å². The van der Waals surface area contributed by atoms with Gasteiger partial charge in [0, 0.05) is 6.42 Å². The molecule has 2 aromatic rings. The fourth-order valence-electron chi connectivity index (χ4n) is 2.28. The molecule has 1 N–H and O–H groups in total. The van der Waals surface area contributed by atoms with E-state index in [1.54, 1.807) is 30.3 Å². The predicted molar refractivity (Wildman–Crippen MR) is 78.9 cm³/mol. The van der Waals surface area contributed by atoms with Crippen molar-refractivity contribution in [1.82, 2.24) is 5.32 Å². The number of amides is 2. The molecule has 0 radical (unpaired) electrons. The zero-order chi connectivity index (χ0) is 15.5. The first-order valence-corrected chi connectivity index (χ1v) is 6.81. The lowest BCUT2D eigenvalue weighted by Gasteiger charge is -2.06. The summed E-state index contributed by atoms with van der Waals surface area (Å²) in [5.74, 6) is -0.288. The standard InChI is InChI=1S/C17H13NO4/c19-12(10-22-13-4-2-1-3-5-13)8-11-6-7-14-15(9-11)17(21)18-16(14)20/h1-7,9H,8,10H2,(H,18,20,21). The first-order valence-electron chi connectivity index (χ1n) is 6.81. The van der Waals surface area contributed by atoms with Gasteiger partial charge in [0.25, 0.3) is 11.8 Å². The van der Waals surface area contributed by atoms with Crippen LogP contribution in [0.1, 0.15) is 26.3 Å². The summed E-state index contributed by atoms with van der Waals surface area (Å²) in [7, 11) is 0. The van der Waals surface area contributed by atoms with Gasteiger partial charge >= 0.3 is 0 Å². The highest BCUT2D eigenvalue weighted by atomic mass is 16.5. The number of carbonyl (C=O) groups excluding carboxylic acids is 3.